The first-order valence-electron chi connectivity index (χ1n) is 16.5. The third-order valence-electron chi connectivity index (χ3n) is 9.07. The van der Waals surface area contributed by atoms with Crippen LogP contribution in [0.5, 0.6) is 0 Å². The van der Waals surface area contributed by atoms with E-state index in [1.807, 2.05) is 43.3 Å². The first kappa shape index (κ1) is 33.9. The van der Waals surface area contributed by atoms with Crippen LogP contribution in [0, 0.1) is 0 Å². The molecule has 0 unspecified atom stereocenters. The number of carboxylic acid groups (broad SMARTS) is 1. The normalized spacial score (nSPS) is 23.6. The summed E-state index contributed by atoms with van der Waals surface area (Å²) >= 11 is 0. The number of imidazole rings is 1. The lowest BCUT2D eigenvalue weighted by atomic mass is 9.91. The Morgan fingerprint density at radius 3 is 2.27 bits per heavy atom. The molecule has 1 saturated heterocycles. The van der Waals surface area contributed by atoms with Gasteiger partial charge in [-0.15, -0.1) is 10.2 Å². The van der Waals surface area contributed by atoms with E-state index in [2.05, 4.69) is 55.1 Å². The highest BCUT2D eigenvalue weighted by Crippen LogP contribution is 2.39. The van der Waals surface area contributed by atoms with E-state index in [1.54, 1.807) is 10.9 Å². The number of benzene rings is 2. The molecule has 2 aliphatic rings. The van der Waals surface area contributed by atoms with Crippen molar-refractivity contribution in [1.82, 2.24) is 34.7 Å². The highest BCUT2D eigenvalue weighted by atomic mass is 16.6. The zero-order valence-electron chi connectivity index (χ0n) is 27.1. The topological polar surface area (TPSA) is 222 Å². The predicted octanol–water partition coefficient (Wildman–Crippen LogP) is 3.13. The summed E-state index contributed by atoms with van der Waals surface area (Å²) in [4.78, 5) is 25.9. The van der Waals surface area contributed by atoms with Gasteiger partial charge in [0.2, 0.25) is 5.95 Å². The third-order valence-corrected chi connectivity index (χ3v) is 9.07. The van der Waals surface area contributed by atoms with Crippen molar-refractivity contribution in [3.63, 3.8) is 0 Å². The van der Waals surface area contributed by atoms with Crippen molar-refractivity contribution < 1.29 is 24.9 Å². The Morgan fingerprint density at radius 2 is 1.65 bits per heavy atom. The zero-order valence-corrected chi connectivity index (χ0v) is 27.1. The number of aliphatic hydroxyl groups is 2. The van der Waals surface area contributed by atoms with Crippen LogP contribution in [0.1, 0.15) is 73.6 Å². The molecule has 1 saturated carbocycles. The fraction of sp³-hybridized carbons (Fsp3) is 0.412. The number of anilines is 2. The van der Waals surface area contributed by atoms with Crippen molar-refractivity contribution in [3.05, 3.63) is 89.8 Å². The lowest BCUT2D eigenvalue weighted by molar-refractivity contribution is -0.122. The maximum atomic E-state index is 11.2. The van der Waals surface area contributed by atoms with Crippen molar-refractivity contribution >= 4 is 29.4 Å². The number of nitrogens with one attached hydrogen (secondary N) is 3. The minimum absolute atomic E-state index is 0.0524. The van der Waals surface area contributed by atoms with Crippen molar-refractivity contribution in [2.75, 3.05) is 17.2 Å². The smallest absolute Gasteiger partial charge is 0.290 e. The summed E-state index contributed by atoms with van der Waals surface area (Å²) in [6.45, 7) is 2.26. The van der Waals surface area contributed by atoms with E-state index in [0.29, 0.717) is 47.5 Å². The van der Waals surface area contributed by atoms with E-state index >= 15 is 0 Å². The number of hydrogen-bond donors (Lipinski definition) is 7. The van der Waals surface area contributed by atoms with E-state index in [4.69, 9.17) is 30.3 Å². The number of nitrogens with zero attached hydrogens (tertiary/aromatic N) is 6. The molecule has 8 N–H and O–H groups in total. The molecule has 7 rings (SSSR count). The van der Waals surface area contributed by atoms with Gasteiger partial charge >= 0.3 is 0 Å². The molecule has 1 aliphatic heterocycles. The van der Waals surface area contributed by atoms with E-state index in [9.17, 15) is 10.2 Å². The molecule has 2 aromatic carbocycles. The standard InChI is InChI=1S/C33H40N10O3.CH2O2/c1-2-24-38-30(42-41-24)28-26(44)27(45)32(46-28)43-18-36-25-29(39-33(40-31(25)43)37-22-15-13-21(34)14-16-22)35-17-23(19-9-5-3-6-10-19)20-11-7-4-8-12-20;2-1-3/h3-12,18,21-23,26-28,32,44-45H,2,13-17,34H2,1H3,(H,38,41,42)(H2,35,37,39,40);1H,(H,2,3)/t21?,22?,26-,27+,28-,32+;/m0./s1. The summed E-state index contributed by atoms with van der Waals surface area (Å²) in [5.41, 5.74) is 9.51. The van der Waals surface area contributed by atoms with Gasteiger partial charge in [-0.1, -0.05) is 67.6 Å². The van der Waals surface area contributed by atoms with Crippen LogP contribution in [-0.4, -0.2) is 87.3 Å². The minimum Gasteiger partial charge on any atom is -0.483 e. The van der Waals surface area contributed by atoms with Gasteiger partial charge in [-0.05, 0) is 36.8 Å². The number of nitrogens with two attached hydrogens (primary N) is 1. The zero-order chi connectivity index (χ0) is 34.3. The van der Waals surface area contributed by atoms with Crippen LogP contribution < -0.4 is 16.4 Å². The molecule has 0 bridgehead atoms. The van der Waals surface area contributed by atoms with Crippen LogP contribution in [0.3, 0.4) is 0 Å². The Balaban J connectivity index is 0.00000134. The number of H-pyrrole nitrogens is 1. The maximum absolute atomic E-state index is 11.2. The molecule has 5 aromatic rings. The van der Waals surface area contributed by atoms with E-state index in [0.717, 1.165) is 25.7 Å². The van der Waals surface area contributed by atoms with Crippen molar-refractivity contribution in [2.24, 2.45) is 5.73 Å². The number of aromatic nitrogens is 7. The summed E-state index contributed by atoms with van der Waals surface area (Å²) in [6, 6.07) is 21.1. The second kappa shape index (κ2) is 15.5. The van der Waals surface area contributed by atoms with Gasteiger partial charge in [0.05, 0.1) is 6.33 Å². The van der Waals surface area contributed by atoms with Crippen molar-refractivity contribution in [1.29, 1.82) is 0 Å². The number of aromatic amines is 1. The third kappa shape index (κ3) is 7.54. The van der Waals surface area contributed by atoms with Gasteiger partial charge in [0, 0.05) is 31.0 Å². The fourth-order valence-corrected chi connectivity index (χ4v) is 6.45. The first-order chi connectivity index (χ1) is 23.9. The largest absolute Gasteiger partial charge is 0.483 e. The van der Waals surface area contributed by atoms with Crippen LogP contribution in [0.25, 0.3) is 11.2 Å². The van der Waals surface area contributed by atoms with Gasteiger partial charge < -0.3 is 41.4 Å². The SMILES string of the molecule is CCc1nnc([C@H]2O[C@@H](n3cnc4c(NCC(c5ccccc5)c5ccccc5)nc(NC5CCC(N)CC5)nc43)[C@H](O)[C@@H]2O)[nH]1.O=CO. The van der Waals surface area contributed by atoms with E-state index in [1.165, 1.54) is 11.1 Å². The highest BCUT2D eigenvalue weighted by molar-refractivity contribution is 5.84. The summed E-state index contributed by atoms with van der Waals surface area (Å²) in [7, 11) is 0. The van der Waals surface area contributed by atoms with E-state index in [-0.39, 0.29) is 24.5 Å². The number of aliphatic hydroxyl groups excluding tert-OH is 2. The molecular weight excluding hydrogens is 628 g/mol. The Kier molecular flexibility index (Phi) is 10.7. The lowest BCUT2D eigenvalue weighted by Crippen LogP contribution is -2.33. The van der Waals surface area contributed by atoms with Gasteiger partial charge in [-0.3, -0.25) is 9.36 Å². The average Bonchev–Trinajstić information content (AvgIpc) is 3.85. The molecule has 0 amide bonds. The Labute approximate surface area is 283 Å². The van der Waals surface area contributed by atoms with Gasteiger partial charge in [-0.25, -0.2) is 4.98 Å². The molecule has 1 aliphatic carbocycles. The van der Waals surface area contributed by atoms with Crippen molar-refractivity contribution in [2.45, 2.75) is 81.6 Å². The second-order valence-electron chi connectivity index (χ2n) is 12.3. The van der Waals surface area contributed by atoms with E-state index < -0.39 is 24.5 Å². The predicted molar refractivity (Wildman–Crippen MR) is 182 cm³/mol. The summed E-state index contributed by atoms with van der Waals surface area (Å²) in [5.74, 6) is 2.09. The molecular formula is C34H42N10O5. The summed E-state index contributed by atoms with van der Waals surface area (Å²) < 4.78 is 7.87. The minimum atomic E-state index is -1.26. The van der Waals surface area contributed by atoms with Crippen LogP contribution >= 0.6 is 0 Å². The average molecular weight is 671 g/mol. The molecule has 4 atom stereocenters. The Bertz CT molecular complexity index is 1760. The number of aryl methyl sites for hydroxylation is 1. The number of ether oxygens (including phenoxy) is 1. The number of rotatable bonds is 10. The molecule has 0 radical (unpaired) electrons. The molecule has 0 spiro atoms. The molecule has 2 fully saturated rings. The van der Waals surface area contributed by atoms with Crippen LogP contribution in [0.15, 0.2) is 67.0 Å². The first-order valence-corrected chi connectivity index (χ1v) is 16.5. The molecule has 49 heavy (non-hydrogen) atoms. The van der Waals surface area contributed by atoms with Crippen molar-refractivity contribution in [3.8, 4) is 0 Å². The Hall–Kier alpha value is -4.96. The van der Waals surface area contributed by atoms with Gasteiger partial charge in [0.1, 0.15) is 24.1 Å². The van der Waals surface area contributed by atoms with Gasteiger partial charge in [0.15, 0.2) is 29.0 Å². The highest BCUT2D eigenvalue weighted by Gasteiger charge is 2.46. The molecule has 4 heterocycles. The second-order valence-corrected chi connectivity index (χ2v) is 12.3. The molecule has 15 nitrogen and oxygen atoms in total. The molecule has 258 valence electrons. The van der Waals surface area contributed by atoms with Crippen LogP contribution in [0.2, 0.25) is 0 Å². The molecule has 3 aromatic heterocycles. The van der Waals surface area contributed by atoms with Gasteiger partial charge in [0.25, 0.3) is 6.47 Å². The van der Waals surface area contributed by atoms with Gasteiger partial charge in [-0.2, -0.15) is 9.97 Å². The number of fused-ring (bicyclic) bond motifs is 1. The quantitative estimate of drug-likeness (QED) is 0.106. The number of hydrogen-bond acceptors (Lipinski definition) is 12. The monoisotopic (exact) mass is 670 g/mol. The maximum Gasteiger partial charge on any atom is 0.290 e. The number of carbonyl (C=O) groups is 1. The fourth-order valence-electron chi connectivity index (χ4n) is 6.45. The summed E-state index contributed by atoms with van der Waals surface area (Å²) in [5, 5.41) is 44.4. The van der Waals surface area contributed by atoms with Crippen LogP contribution in [0.4, 0.5) is 11.8 Å². The molecule has 15 heteroatoms. The van der Waals surface area contributed by atoms with Crippen LogP contribution in [-0.2, 0) is 16.0 Å². The Morgan fingerprint density at radius 1 is 1.00 bits per heavy atom. The lowest BCUT2D eigenvalue weighted by Gasteiger charge is -2.27. The summed E-state index contributed by atoms with van der Waals surface area (Å²) in [6.07, 6.45) is 1.56.